The maximum Gasteiger partial charge on any atom is 0.326 e. The Morgan fingerprint density at radius 2 is 1.97 bits per heavy atom. The molecular formula is C24H22N4O4. The van der Waals surface area contributed by atoms with Crippen LogP contribution in [0.25, 0.3) is 33.1 Å². The second-order valence-electron chi connectivity index (χ2n) is 7.66. The molecule has 8 nitrogen and oxygen atoms in total. The molecule has 3 aromatic heterocycles. The third kappa shape index (κ3) is 3.11. The lowest BCUT2D eigenvalue weighted by molar-refractivity contribution is 0.393. The summed E-state index contributed by atoms with van der Waals surface area (Å²) >= 11 is 0. The quantitative estimate of drug-likeness (QED) is 0.449. The lowest BCUT2D eigenvalue weighted by atomic mass is 10.0. The third-order valence-electron chi connectivity index (χ3n) is 5.70. The fourth-order valence-corrected chi connectivity index (χ4v) is 4.21. The fourth-order valence-electron chi connectivity index (χ4n) is 4.21. The number of nitrogens with one attached hydrogen (secondary N) is 1. The molecule has 5 aromatic rings. The molecule has 162 valence electrons. The standard InChI is InChI=1S/C24H22N4O4/c1-13-22(14(2)32-27-13)18-9-19-17(10-21(18)31-4)23-20(11-25-19)26-24(29)28(23)12-15-6-5-7-16(8-15)30-3/h5-11H,12H2,1-4H3,(H,26,29). The monoisotopic (exact) mass is 430 g/mol. The van der Waals surface area contributed by atoms with Gasteiger partial charge in [-0.1, -0.05) is 17.3 Å². The fraction of sp³-hybridized carbons (Fsp3) is 0.208. The number of nitrogens with zero attached hydrogens (tertiary/aromatic N) is 3. The van der Waals surface area contributed by atoms with Crippen molar-refractivity contribution in [3.63, 3.8) is 0 Å². The maximum atomic E-state index is 12.8. The number of fused-ring (bicyclic) bond motifs is 3. The summed E-state index contributed by atoms with van der Waals surface area (Å²) in [4.78, 5) is 20.3. The molecule has 32 heavy (non-hydrogen) atoms. The van der Waals surface area contributed by atoms with Gasteiger partial charge in [-0.3, -0.25) is 9.55 Å². The number of rotatable bonds is 5. The molecule has 0 aliphatic carbocycles. The van der Waals surface area contributed by atoms with E-state index in [9.17, 15) is 4.79 Å². The Bertz CT molecular complexity index is 1510. The highest BCUT2D eigenvalue weighted by molar-refractivity contribution is 6.04. The summed E-state index contributed by atoms with van der Waals surface area (Å²) in [5.41, 5.74) is 5.43. The molecule has 0 amide bonds. The van der Waals surface area contributed by atoms with Crippen LogP contribution >= 0.6 is 0 Å². The van der Waals surface area contributed by atoms with Crippen molar-refractivity contribution in [2.75, 3.05) is 14.2 Å². The molecule has 1 N–H and O–H groups in total. The predicted octanol–water partition coefficient (Wildman–Crippen LogP) is 4.22. The largest absolute Gasteiger partial charge is 0.497 e. The van der Waals surface area contributed by atoms with E-state index in [4.69, 9.17) is 14.0 Å². The van der Waals surface area contributed by atoms with Gasteiger partial charge in [0.05, 0.1) is 54.8 Å². The van der Waals surface area contributed by atoms with Crippen LogP contribution in [0.2, 0.25) is 0 Å². The number of imidazole rings is 1. The van der Waals surface area contributed by atoms with Crippen molar-refractivity contribution >= 4 is 21.9 Å². The number of aromatic amines is 1. The lowest BCUT2D eigenvalue weighted by Crippen LogP contribution is -2.17. The smallest absolute Gasteiger partial charge is 0.326 e. The van der Waals surface area contributed by atoms with E-state index in [0.717, 1.165) is 44.6 Å². The van der Waals surface area contributed by atoms with Crippen LogP contribution in [0.5, 0.6) is 11.5 Å². The molecule has 0 fully saturated rings. The predicted molar refractivity (Wildman–Crippen MR) is 121 cm³/mol. The molecule has 0 aliphatic rings. The van der Waals surface area contributed by atoms with Gasteiger partial charge in [0.1, 0.15) is 17.3 Å². The van der Waals surface area contributed by atoms with Crippen LogP contribution in [0.15, 0.2) is 51.9 Å². The lowest BCUT2D eigenvalue weighted by Gasteiger charge is -2.12. The first-order valence-corrected chi connectivity index (χ1v) is 10.2. The second kappa shape index (κ2) is 7.56. The van der Waals surface area contributed by atoms with Crippen molar-refractivity contribution in [3.8, 4) is 22.6 Å². The molecule has 5 rings (SSSR count). The number of aromatic nitrogens is 4. The topological polar surface area (TPSA) is 95.2 Å². The molecule has 0 spiro atoms. The molecule has 8 heteroatoms. The highest BCUT2D eigenvalue weighted by Crippen LogP contribution is 2.38. The zero-order valence-corrected chi connectivity index (χ0v) is 18.2. The van der Waals surface area contributed by atoms with E-state index in [1.165, 1.54) is 0 Å². The van der Waals surface area contributed by atoms with Gasteiger partial charge in [-0.25, -0.2) is 4.79 Å². The van der Waals surface area contributed by atoms with Gasteiger partial charge >= 0.3 is 5.69 Å². The zero-order chi connectivity index (χ0) is 22.4. The summed E-state index contributed by atoms with van der Waals surface area (Å²) in [5, 5.41) is 4.88. The minimum atomic E-state index is -0.203. The van der Waals surface area contributed by atoms with E-state index in [-0.39, 0.29) is 5.69 Å². The molecule has 0 saturated heterocycles. The summed E-state index contributed by atoms with van der Waals surface area (Å²) < 4.78 is 18.1. The van der Waals surface area contributed by atoms with Crippen LogP contribution in [-0.2, 0) is 6.54 Å². The van der Waals surface area contributed by atoms with Gasteiger partial charge in [-0.15, -0.1) is 0 Å². The van der Waals surface area contributed by atoms with Crippen molar-refractivity contribution in [2.45, 2.75) is 20.4 Å². The molecule has 0 atom stereocenters. The summed E-state index contributed by atoms with van der Waals surface area (Å²) in [5.74, 6) is 2.10. The Morgan fingerprint density at radius 1 is 1.12 bits per heavy atom. The van der Waals surface area contributed by atoms with Crippen LogP contribution in [0.1, 0.15) is 17.0 Å². The van der Waals surface area contributed by atoms with Crippen molar-refractivity contribution in [1.29, 1.82) is 0 Å². The highest BCUT2D eigenvalue weighted by atomic mass is 16.5. The van der Waals surface area contributed by atoms with Gasteiger partial charge < -0.3 is 19.0 Å². The molecule has 3 heterocycles. The minimum absolute atomic E-state index is 0.203. The van der Waals surface area contributed by atoms with Crippen molar-refractivity contribution < 1.29 is 14.0 Å². The minimum Gasteiger partial charge on any atom is -0.497 e. The molecule has 0 aliphatic heterocycles. The van der Waals surface area contributed by atoms with Crippen molar-refractivity contribution in [3.05, 3.63) is 70.1 Å². The number of pyridine rings is 1. The summed E-state index contributed by atoms with van der Waals surface area (Å²) in [6.45, 7) is 4.15. The third-order valence-corrected chi connectivity index (χ3v) is 5.70. The maximum absolute atomic E-state index is 12.8. The first-order chi connectivity index (χ1) is 15.5. The van der Waals surface area contributed by atoms with Gasteiger partial charge in [0, 0.05) is 10.9 Å². The SMILES string of the molecule is COc1cccc(Cn2c(=O)[nH]c3cnc4cc(-c5c(C)noc5C)c(OC)cc4c32)c1. The average molecular weight is 430 g/mol. The highest BCUT2D eigenvalue weighted by Gasteiger charge is 2.20. The van der Waals surface area contributed by atoms with Gasteiger partial charge in [-0.05, 0) is 43.7 Å². The van der Waals surface area contributed by atoms with Crippen LogP contribution in [0, 0.1) is 13.8 Å². The number of benzene rings is 2. The van der Waals surface area contributed by atoms with E-state index in [1.807, 2.05) is 50.2 Å². The van der Waals surface area contributed by atoms with Gasteiger partial charge in [0.15, 0.2) is 0 Å². The van der Waals surface area contributed by atoms with Crippen LogP contribution in [0.4, 0.5) is 0 Å². The van der Waals surface area contributed by atoms with Gasteiger partial charge in [0.25, 0.3) is 0 Å². The van der Waals surface area contributed by atoms with Crippen LogP contribution in [-0.4, -0.2) is 33.9 Å². The zero-order valence-electron chi connectivity index (χ0n) is 18.2. The Kier molecular flexibility index (Phi) is 4.70. The number of H-pyrrole nitrogens is 1. The van der Waals surface area contributed by atoms with E-state index >= 15 is 0 Å². The molecule has 0 unspecified atom stereocenters. The van der Waals surface area contributed by atoms with E-state index in [0.29, 0.717) is 23.6 Å². The van der Waals surface area contributed by atoms with E-state index in [2.05, 4.69) is 15.1 Å². The van der Waals surface area contributed by atoms with Crippen LogP contribution in [0.3, 0.4) is 0 Å². The Morgan fingerprint density at radius 3 is 2.69 bits per heavy atom. The Balaban J connectivity index is 1.75. The van der Waals surface area contributed by atoms with E-state index < -0.39 is 0 Å². The first-order valence-electron chi connectivity index (χ1n) is 10.2. The molecular weight excluding hydrogens is 408 g/mol. The van der Waals surface area contributed by atoms with E-state index in [1.54, 1.807) is 25.0 Å². The van der Waals surface area contributed by atoms with Gasteiger partial charge in [-0.2, -0.15) is 0 Å². The Labute approximate surface area is 183 Å². The molecule has 0 saturated carbocycles. The van der Waals surface area contributed by atoms with Crippen molar-refractivity contribution in [2.24, 2.45) is 0 Å². The summed E-state index contributed by atoms with van der Waals surface area (Å²) in [7, 11) is 3.25. The van der Waals surface area contributed by atoms with Crippen molar-refractivity contribution in [1.82, 2.24) is 19.7 Å². The number of hydrogen-bond donors (Lipinski definition) is 1. The number of hydrogen-bond acceptors (Lipinski definition) is 6. The summed E-state index contributed by atoms with van der Waals surface area (Å²) in [6.07, 6.45) is 1.69. The molecule has 0 bridgehead atoms. The molecule has 0 radical (unpaired) electrons. The van der Waals surface area contributed by atoms with Crippen LogP contribution < -0.4 is 15.2 Å². The Hall–Kier alpha value is -4.07. The first kappa shape index (κ1) is 19.9. The van der Waals surface area contributed by atoms with Gasteiger partial charge in [0.2, 0.25) is 0 Å². The second-order valence-corrected chi connectivity index (χ2v) is 7.66. The number of aryl methyl sites for hydroxylation is 2. The molecule has 2 aromatic carbocycles. The average Bonchev–Trinajstić information content (AvgIpc) is 3.30. The normalized spacial score (nSPS) is 11.4. The number of ether oxygens (including phenoxy) is 2. The number of methoxy groups -OCH3 is 2. The summed E-state index contributed by atoms with van der Waals surface area (Å²) in [6, 6.07) is 11.5.